The van der Waals surface area contributed by atoms with Crippen LogP contribution in [-0.4, -0.2) is 10.8 Å². The summed E-state index contributed by atoms with van der Waals surface area (Å²) in [5.41, 5.74) is 3.79. The van der Waals surface area contributed by atoms with Gasteiger partial charge >= 0.3 is 0 Å². The van der Waals surface area contributed by atoms with E-state index in [1.165, 1.54) is 16.8 Å². The van der Waals surface area contributed by atoms with Gasteiger partial charge in [-0.25, -0.2) is 0 Å². The predicted molar refractivity (Wildman–Crippen MR) is 77.8 cm³/mol. The smallest absolute Gasteiger partial charge is 0.136 e. The van der Waals surface area contributed by atoms with E-state index in [0.717, 1.165) is 6.42 Å². The summed E-state index contributed by atoms with van der Waals surface area (Å²) in [6.07, 6.45) is 7.88. The standard InChI is InChI=1S/C16H25NO/c1-6-8-13-14(10-17-15(13)7-2)12(5)9-16(18)11(3)4/h6,8,10-12,17H,7,9H2,1-5H3/b8-6-. The van der Waals surface area contributed by atoms with Crippen LogP contribution in [0.1, 0.15) is 63.8 Å². The van der Waals surface area contributed by atoms with Crippen molar-refractivity contribution in [1.29, 1.82) is 0 Å². The summed E-state index contributed by atoms with van der Waals surface area (Å²) >= 11 is 0. The molecule has 0 amide bonds. The Bertz CT molecular complexity index is 426. The molecule has 2 nitrogen and oxygen atoms in total. The molecule has 1 heterocycles. The lowest BCUT2D eigenvalue weighted by Crippen LogP contribution is -2.10. The van der Waals surface area contributed by atoms with E-state index in [-0.39, 0.29) is 11.8 Å². The zero-order chi connectivity index (χ0) is 13.7. The van der Waals surface area contributed by atoms with Crippen molar-refractivity contribution in [3.8, 4) is 0 Å². The molecule has 0 aliphatic carbocycles. The first-order valence-corrected chi connectivity index (χ1v) is 6.86. The van der Waals surface area contributed by atoms with Crippen LogP contribution in [0.25, 0.3) is 6.08 Å². The molecule has 0 fully saturated rings. The third kappa shape index (κ3) is 3.34. The minimum atomic E-state index is 0.127. The number of H-pyrrole nitrogens is 1. The molecular formula is C16H25NO. The molecule has 0 saturated carbocycles. The lowest BCUT2D eigenvalue weighted by atomic mass is 9.90. The number of ketones is 1. The van der Waals surface area contributed by atoms with E-state index in [9.17, 15) is 4.79 Å². The summed E-state index contributed by atoms with van der Waals surface area (Å²) in [6, 6.07) is 0. The summed E-state index contributed by atoms with van der Waals surface area (Å²) in [7, 11) is 0. The minimum Gasteiger partial charge on any atom is -0.364 e. The summed E-state index contributed by atoms with van der Waals surface area (Å²) in [4.78, 5) is 15.2. The molecule has 0 spiro atoms. The fourth-order valence-electron chi connectivity index (χ4n) is 2.21. The van der Waals surface area contributed by atoms with Gasteiger partial charge in [0.15, 0.2) is 0 Å². The third-order valence-electron chi connectivity index (χ3n) is 3.41. The Hall–Kier alpha value is -1.31. The zero-order valence-corrected chi connectivity index (χ0v) is 12.2. The van der Waals surface area contributed by atoms with Crippen LogP contribution >= 0.6 is 0 Å². The lowest BCUT2D eigenvalue weighted by Gasteiger charge is -2.12. The van der Waals surface area contributed by atoms with Crippen LogP contribution in [0.3, 0.4) is 0 Å². The number of nitrogens with one attached hydrogen (secondary N) is 1. The average molecular weight is 247 g/mol. The molecular weight excluding hydrogens is 222 g/mol. The Morgan fingerprint density at radius 2 is 2.06 bits per heavy atom. The van der Waals surface area contributed by atoms with Crippen molar-refractivity contribution < 1.29 is 4.79 Å². The van der Waals surface area contributed by atoms with Gasteiger partial charge < -0.3 is 4.98 Å². The van der Waals surface area contributed by atoms with Crippen molar-refractivity contribution in [2.24, 2.45) is 5.92 Å². The number of Topliss-reactive ketones (excluding diaryl/α,β-unsaturated/α-hetero) is 1. The SMILES string of the molecule is C/C=C\c1c(C(C)CC(=O)C(C)C)c[nH]c1CC. The maximum Gasteiger partial charge on any atom is 0.136 e. The molecule has 1 aromatic rings. The maximum absolute atomic E-state index is 11.8. The molecule has 0 aromatic carbocycles. The summed E-state index contributed by atoms with van der Waals surface area (Å²) in [6.45, 7) is 10.2. The molecule has 1 atom stereocenters. The molecule has 100 valence electrons. The van der Waals surface area contributed by atoms with Crippen molar-refractivity contribution in [2.45, 2.75) is 53.4 Å². The van der Waals surface area contributed by atoms with Crippen molar-refractivity contribution in [3.05, 3.63) is 29.1 Å². The van der Waals surface area contributed by atoms with Crippen LogP contribution in [-0.2, 0) is 11.2 Å². The third-order valence-corrected chi connectivity index (χ3v) is 3.41. The highest BCUT2D eigenvalue weighted by molar-refractivity contribution is 5.81. The van der Waals surface area contributed by atoms with Crippen LogP contribution in [0.5, 0.6) is 0 Å². The van der Waals surface area contributed by atoms with E-state index < -0.39 is 0 Å². The first-order valence-electron chi connectivity index (χ1n) is 6.86. The summed E-state index contributed by atoms with van der Waals surface area (Å²) in [5, 5.41) is 0. The van der Waals surface area contributed by atoms with Gasteiger partial charge in [-0.3, -0.25) is 4.79 Å². The fraction of sp³-hybridized carbons (Fsp3) is 0.562. The maximum atomic E-state index is 11.8. The number of carbonyl (C=O) groups excluding carboxylic acids is 1. The molecule has 1 aromatic heterocycles. The van der Waals surface area contributed by atoms with Crippen LogP contribution < -0.4 is 0 Å². The summed E-state index contributed by atoms with van der Waals surface area (Å²) < 4.78 is 0. The molecule has 18 heavy (non-hydrogen) atoms. The Balaban J connectivity index is 2.95. The molecule has 1 unspecified atom stereocenters. The zero-order valence-electron chi connectivity index (χ0n) is 12.2. The van der Waals surface area contributed by atoms with Crippen molar-refractivity contribution >= 4 is 11.9 Å². The van der Waals surface area contributed by atoms with Crippen LogP contribution in [0, 0.1) is 5.92 Å². The fourth-order valence-corrected chi connectivity index (χ4v) is 2.21. The number of carbonyl (C=O) groups is 1. The Morgan fingerprint density at radius 1 is 1.39 bits per heavy atom. The highest BCUT2D eigenvalue weighted by Gasteiger charge is 2.18. The number of aromatic amines is 1. The van der Waals surface area contributed by atoms with Gasteiger partial charge in [-0.05, 0) is 30.4 Å². The van der Waals surface area contributed by atoms with Crippen LogP contribution in [0.15, 0.2) is 12.3 Å². The monoisotopic (exact) mass is 247 g/mol. The van der Waals surface area contributed by atoms with Gasteiger partial charge in [-0.2, -0.15) is 0 Å². The predicted octanol–water partition coefficient (Wildman–Crippen LogP) is 4.33. The van der Waals surface area contributed by atoms with Gasteiger partial charge in [-0.15, -0.1) is 0 Å². The van der Waals surface area contributed by atoms with Gasteiger partial charge in [0.05, 0.1) is 0 Å². The molecule has 0 saturated heterocycles. The first-order chi connectivity index (χ1) is 8.51. The second kappa shape index (κ2) is 6.58. The number of rotatable bonds is 6. The molecule has 1 rings (SSSR count). The normalized spacial score (nSPS) is 13.4. The molecule has 0 bridgehead atoms. The van der Waals surface area contributed by atoms with Crippen molar-refractivity contribution in [3.63, 3.8) is 0 Å². The quantitative estimate of drug-likeness (QED) is 0.797. The van der Waals surface area contributed by atoms with Crippen molar-refractivity contribution in [1.82, 2.24) is 4.98 Å². The Kier molecular flexibility index (Phi) is 5.39. The number of hydrogen-bond acceptors (Lipinski definition) is 1. The molecule has 1 N–H and O–H groups in total. The second-order valence-corrected chi connectivity index (χ2v) is 5.22. The topological polar surface area (TPSA) is 32.9 Å². The number of aromatic nitrogens is 1. The van der Waals surface area contributed by atoms with E-state index in [2.05, 4.69) is 37.2 Å². The van der Waals surface area contributed by atoms with E-state index in [0.29, 0.717) is 12.2 Å². The molecule has 0 aliphatic heterocycles. The van der Waals surface area contributed by atoms with E-state index >= 15 is 0 Å². The number of aryl methyl sites for hydroxylation is 1. The molecule has 0 aliphatic rings. The molecule has 2 heteroatoms. The first kappa shape index (κ1) is 14.7. The van der Waals surface area contributed by atoms with E-state index in [1.807, 2.05) is 20.8 Å². The molecule has 0 radical (unpaired) electrons. The highest BCUT2D eigenvalue weighted by atomic mass is 16.1. The number of hydrogen-bond donors (Lipinski definition) is 1. The second-order valence-electron chi connectivity index (χ2n) is 5.22. The van der Waals surface area contributed by atoms with Gasteiger partial charge in [-0.1, -0.05) is 39.8 Å². The average Bonchev–Trinajstić information content (AvgIpc) is 2.72. The van der Waals surface area contributed by atoms with Crippen LogP contribution in [0.4, 0.5) is 0 Å². The van der Waals surface area contributed by atoms with Gasteiger partial charge in [0.2, 0.25) is 0 Å². The van der Waals surface area contributed by atoms with Gasteiger partial charge in [0, 0.05) is 24.2 Å². The van der Waals surface area contributed by atoms with Gasteiger partial charge in [0.25, 0.3) is 0 Å². The minimum absolute atomic E-state index is 0.127. The van der Waals surface area contributed by atoms with Gasteiger partial charge in [0.1, 0.15) is 5.78 Å². The highest BCUT2D eigenvalue weighted by Crippen LogP contribution is 2.28. The lowest BCUT2D eigenvalue weighted by molar-refractivity contribution is -0.122. The van der Waals surface area contributed by atoms with E-state index in [1.54, 1.807) is 0 Å². The summed E-state index contributed by atoms with van der Waals surface area (Å²) in [5.74, 6) is 0.748. The van der Waals surface area contributed by atoms with E-state index in [4.69, 9.17) is 0 Å². The van der Waals surface area contributed by atoms with Crippen molar-refractivity contribution in [2.75, 3.05) is 0 Å². The largest absolute Gasteiger partial charge is 0.364 e. The number of allylic oxidation sites excluding steroid dienone is 1. The Morgan fingerprint density at radius 3 is 2.56 bits per heavy atom. The van der Waals surface area contributed by atoms with Crippen LogP contribution in [0.2, 0.25) is 0 Å². The Labute approximate surface area is 110 Å².